The molecule has 2 rings (SSSR count). The number of hydrogen-bond acceptors (Lipinski definition) is 5. The van der Waals surface area contributed by atoms with Crippen LogP contribution in [0.1, 0.15) is 18.4 Å². The predicted molar refractivity (Wildman–Crippen MR) is 75.9 cm³/mol. The quantitative estimate of drug-likeness (QED) is 0.765. The predicted octanol–water partition coefficient (Wildman–Crippen LogP) is 1.27. The van der Waals surface area contributed by atoms with Gasteiger partial charge in [0.15, 0.2) is 17.5 Å². The Bertz CT molecular complexity index is 446. The molecule has 0 bridgehead atoms. The monoisotopic (exact) mass is 263 g/mol. The third-order valence-electron chi connectivity index (χ3n) is 3.10. The zero-order chi connectivity index (χ0) is 13.5. The molecule has 0 atom stereocenters. The molecule has 1 heterocycles. The molecule has 104 valence electrons. The smallest absolute Gasteiger partial charge is 0.191 e. The summed E-state index contributed by atoms with van der Waals surface area (Å²) in [6.45, 7) is 2.68. The number of guanidine groups is 1. The normalized spacial score (nSPS) is 15.1. The SMILES string of the molecule is COc1cc(CCNC2=NCCCCN2)ccc1O. The number of rotatable bonds is 4. The molecule has 0 radical (unpaired) electrons. The van der Waals surface area contributed by atoms with Crippen LogP contribution >= 0.6 is 0 Å². The van der Waals surface area contributed by atoms with Crippen molar-refractivity contribution in [3.63, 3.8) is 0 Å². The molecule has 0 unspecified atom stereocenters. The zero-order valence-corrected chi connectivity index (χ0v) is 11.3. The number of phenols is 1. The molecule has 0 aromatic heterocycles. The van der Waals surface area contributed by atoms with Crippen LogP contribution in [0.4, 0.5) is 0 Å². The van der Waals surface area contributed by atoms with Gasteiger partial charge in [0, 0.05) is 19.6 Å². The lowest BCUT2D eigenvalue weighted by Crippen LogP contribution is -2.38. The molecule has 0 fully saturated rings. The number of aromatic hydroxyl groups is 1. The van der Waals surface area contributed by atoms with E-state index >= 15 is 0 Å². The van der Waals surface area contributed by atoms with E-state index in [0.29, 0.717) is 5.75 Å². The number of benzene rings is 1. The average Bonchev–Trinajstić information content (AvgIpc) is 2.69. The number of nitrogens with zero attached hydrogens (tertiary/aromatic N) is 1. The molecule has 1 aliphatic rings. The van der Waals surface area contributed by atoms with Crippen molar-refractivity contribution < 1.29 is 9.84 Å². The Kier molecular flexibility index (Phi) is 4.89. The van der Waals surface area contributed by atoms with Crippen LogP contribution in [0.3, 0.4) is 0 Å². The summed E-state index contributed by atoms with van der Waals surface area (Å²) in [5, 5.41) is 16.1. The van der Waals surface area contributed by atoms with Gasteiger partial charge in [0.2, 0.25) is 0 Å². The maximum absolute atomic E-state index is 9.53. The molecule has 1 aromatic carbocycles. The minimum Gasteiger partial charge on any atom is -0.504 e. The maximum Gasteiger partial charge on any atom is 0.191 e. The summed E-state index contributed by atoms with van der Waals surface area (Å²) < 4.78 is 5.09. The first-order valence-electron chi connectivity index (χ1n) is 6.67. The van der Waals surface area contributed by atoms with Crippen LogP contribution in [0.2, 0.25) is 0 Å². The molecule has 0 saturated carbocycles. The summed E-state index contributed by atoms with van der Waals surface area (Å²) in [5.74, 6) is 1.58. The van der Waals surface area contributed by atoms with Crippen molar-refractivity contribution in [1.82, 2.24) is 10.6 Å². The fourth-order valence-electron chi connectivity index (χ4n) is 2.01. The maximum atomic E-state index is 9.53. The zero-order valence-electron chi connectivity index (χ0n) is 11.3. The van der Waals surface area contributed by atoms with Crippen molar-refractivity contribution in [2.45, 2.75) is 19.3 Å². The Morgan fingerprint density at radius 1 is 1.42 bits per heavy atom. The van der Waals surface area contributed by atoms with Crippen LogP contribution in [0.5, 0.6) is 11.5 Å². The summed E-state index contributed by atoms with van der Waals surface area (Å²) >= 11 is 0. The molecule has 0 spiro atoms. The van der Waals surface area contributed by atoms with E-state index in [-0.39, 0.29) is 5.75 Å². The first kappa shape index (κ1) is 13.5. The van der Waals surface area contributed by atoms with Crippen LogP contribution < -0.4 is 15.4 Å². The van der Waals surface area contributed by atoms with E-state index in [1.165, 1.54) is 6.42 Å². The van der Waals surface area contributed by atoms with E-state index in [1.807, 2.05) is 12.1 Å². The fraction of sp³-hybridized carbons (Fsp3) is 0.500. The summed E-state index contributed by atoms with van der Waals surface area (Å²) in [6, 6.07) is 5.43. The Labute approximate surface area is 113 Å². The lowest BCUT2D eigenvalue weighted by molar-refractivity contribution is 0.373. The third-order valence-corrected chi connectivity index (χ3v) is 3.10. The number of phenolic OH excluding ortho intramolecular Hbond substituents is 1. The molecule has 0 saturated heterocycles. The highest BCUT2D eigenvalue weighted by Crippen LogP contribution is 2.26. The minimum atomic E-state index is 0.175. The molecule has 5 heteroatoms. The Morgan fingerprint density at radius 2 is 2.32 bits per heavy atom. The standard InChI is InChI=1S/C14H21N3O2/c1-19-13-10-11(4-5-12(13)18)6-9-17-14-15-7-2-3-8-16-14/h4-5,10,18H,2-3,6-9H2,1H3,(H2,15,16,17). The largest absolute Gasteiger partial charge is 0.504 e. The molecular weight excluding hydrogens is 242 g/mol. The van der Waals surface area contributed by atoms with Crippen LogP contribution in [0.15, 0.2) is 23.2 Å². The van der Waals surface area contributed by atoms with Crippen LogP contribution in [0.25, 0.3) is 0 Å². The van der Waals surface area contributed by atoms with Gasteiger partial charge in [-0.3, -0.25) is 4.99 Å². The summed E-state index contributed by atoms with van der Waals surface area (Å²) in [6.07, 6.45) is 3.18. The summed E-state index contributed by atoms with van der Waals surface area (Å²) in [4.78, 5) is 4.43. The van der Waals surface area contributed by atoms with Crippen molar-refractivity contribution in [3.8, 4) is 11.5 Å². The van der Waals surface area contributed by atoms with Crippen molar-refractivity contribution in [2.24, 2.45) is 4.99 Å². The van der Waals surface area contributed by atoms with E-state index in [1.54, 1.807) is 13.2 Å². The number of hydrogen-bond donors (Lipinski definition) is 3. The number of ether oxygens (including phenoxy) is 1. The first-order valence-corrected chi connectivity index (χ1v) is 6.67. The van der Waals surface area contributed by atoms with Gasteiger partial charge in [-0.25, -0.2) is 0 Å². The summed E-state index contributed by atoms with van der Waals surface area (Å²) in [5.41, 5.74) is 1.12. The minimum absolute atomic E-state index is 0.175. The molecule has 1 aromatic rings. The molecule has 3 N–H and O–H groups in total. The Balaban J connectivity index is 1.83. The van der Waals surface area contributed by atoms with Gasteiger partial charge in [-0.1, -0.05) is 6.07 Å². The second-order valence-corrected chi connectivity index (χ2v) is 4.55. The van der Waals surface area contributed by atoms with E-state index in [0.717, 1.165) is 44.0 Å². The molecule has 5 nitrogen and oxygen atoms in total. The molecular formula is C14H21N3O2. The van der Waals surface area contributed by atoms with Gasteiger partial charge in [0.25, 0.3) is 0 Å². The van der Waals surface area contributed by atoms with Crippen molar-refractivity contribution >= 4 is 5.96 Å². The van der Waals surface area contributed by atoms with Gasteiger partial charge in [-0.05, 0) is 37.0 Å². The molecule has 0 amide bonds. The molecule has 19 heavy (non-hydrogen) atoms. The fourth-order valence-corrected chi connectivity index (χ4v) is 2.01. The topological polar surface area (TPSA) is 65.9 Å². The van der Waals surface area contributed by atoms with E-state index in [9.17, 15) is 5.11 Å². The van der Waals surface area contributed by atoms with Gasteiger partial charge < -0.3 is 20.5 Å². The van der Waals surface area contributed by atoms with Gasteiger partial charge in [0.1, 0.15) is 0 Å². The van der Waals surface area contributed by atoms with E-state index in [2.05, 4.69) is 15.6 Å². The van der Waals surface area contributed by atoms with Crippen LogP contribution in [-0.2, 0) is 6.42 Å². The first-order chi connectivity index (χ1) is 9.29. The van der Waals surface area contributed by atoms with Gasteiger partial charge in [0.05, 0.1) is 7.11 Å². The molecule has 0 aliphatic carbocycles. The third kappa shape index (κ3) is 4.05. The highest BCUT2D eigenvalue weighted by atomic mass is 16.5. The second kappa shape index (κ2) is 6.87. The second-order valence-electron chi connectivity index (χ2n) is 4.55. The average molecular weight is 263 g/mol. The highest BCUT2D eigenvalue weighted by Gasteiger charge is 2.04. The van der Waals surface area contributed by atoms with Gasteiger partial charge in [-0.15, -0.1) is 0 Å². The lowest BCUT2D eigenvalue weighted by atomic mass is 10.1. The summed E-state index contributed by atoms with van der Waals surface area (Å²) in [7, 11) is 1.56. The lowest BCUT2D eigenvalue weighted by Gasteiger charge is -2.11. The Morgan fingerprint density at radius 3 is 3.16 bits per heavy atom. The number of nitrogens with one attached hydrogen (secondary N) is 2. The van der Waals surface area contributed by atoms with Gasteiger partial charge >= 0.3 is 0 Å². The van der Waals surface area contributed by atoms with Crippen LogP contribution in [0, 0.1) is 0 Å². The molecule has 1 aliphatic heterocycles. The Hall–Kier alpha value is -1.91. The number of methoxy groups -OCH3 is 1. The highest BCUT2D eigenvalue weighted by molar-refractivity contribution is 5.79. The van der Waals surface area contributed by atoms with Crippen molar-refractivity contribution in [1.29, 1.82) is 0 Å². The van der Waals surface area contributed by atoms with Crippen LogP contribution in [-0.4, -0.2) is 37.8 Å². The number of aliphatic imine (C=N–C) groups is 1. The van der Waals surface area contributed by atoms with Crippen molar-refractivity contribution in [3.05, 3.63) is 23.8 Å². The van der Waals surface area contributed by atoms with E-state index in [4.69, 9.17) is 4.74 Å². The van der Waals surface area contributed by atoms with E-state index < -0.39 is 0 Å². The van der Waals surface area contributed by atoms with Crippen molar-refractivity contribution in [2.75, 3.05) is 26.7 Å². The van der Waals surface area contributed by atoms with Gasteiger partial charge in [-0.2, -0.15) is 0 Å².